The number of carbonyl (C=O) groups excluding carboxylic acids is 1. The van der Waals surface area contributed by atoms with Crippen LogP contribution < -0.4 is 10.0 Å². The molecule has 0 spiro atoms. The highest BCUT2D eigenvalue weighted by Gasteiger charge is 2.19. The number of amides is 1. The summed E-state index contributed by atoms with van der Waals surface area (Å²) >= 11 is 0. The van der Waals surface area contributed by atoms with Crippen LogP contribution >= 0.6 is 0 Å². The van der Waals surface area contributed by atoms with Crippen LogP contribution in [0.15, 0.2) is 91.0 Å². The average molecular weight is 600 g/mol. The summed E-state index contributed by atoms with van der Waals surface area (Å²) in [4.78, 5) is 24.5. The van der Waals surface area contributed by atoms with Gasteiger partial charge in [-0.15, -0.1) is 0 Å². The number of carboxylic acids is 1. The lowest BCUT2D eigenvalue weighted by Crippen LogP contribution is -2.32. The zero-order chi connectivity index (χ0) is 30.8. The molecular weight excluding hydrogens is 566 g/mol. The molecule has 0 fully saturated rings. The van der Waals surface area contributed by atoms with Crippen molar-refractivity contribution >= 4 is 49.4 Å². The molecule has 1 amide bonds. The Morgan fingerprint density at radius 3 is 2.30 bits per heavy atom. The third-order valence-corrected chi connectivity index (χ3v) is 8.03. The number of carboxylic acid groups (broad SMARTS) is 1. The molecule has 0 bridgehead atoms. The third kappa shape index (κ3) is 7.34. The van der Waals surface area contributed by atoms with Gasteiger partial charge in [-0.25, -0.2) is 18.0 Å². The minimum Gasteiger partial charge on any atom is -0.477 e. The van der Waals surface area contributed by atoms with Crippen molar-refractivity contribution in [3.63, 3.8) is 0 Å². The summed E-state index contributed by atoms with van der Waals surface area (Å²) in [7, 11) is -3.72. The molecule has 9 nitrogen and oxygen atoms in total. The molecule has 5 aromatic rings. The van der Waals surface area contributed by atoms with Gasteiger partial charge in [-0.2, -0.15) is 0 Å². The van der Waals surface area contributed by atoms with Gasteiger partial charge in [-0.3, -0.25) is 4.72 Å². The lowest BCUT2D eigenvalue weighted by Gasteiger charge is -2.19. The SMILES string of the molecule is CC(C)(C)OC(=O)NCc1ccc2cc(C(=O)O)n(Cc3cc(NS(=O)(=O)Cc4ccccc4)cc4ccccc34)c2c1. The number of aromatic nitrogens is 1. The molecule has 0 aliphatic rings. The standard InChI is InChI=1S/C33H33N3O6S/c1-33(2,3)42-32(39)34-19-23-13-14-25-18-30(31(37)38)36(29(25)15-23)20-26-17-27(16-24-11-7-8-12-28(24)26)35-43(40,41)21-22-9-5-4-6-10-22/h4-18,35H,19-21H2,1-3H3,(H,34,39)(H,37,38). The number of nitrogens with zero attached hydrogens (tertiary/aromatic N) is 1. The number of anilines is 1. The van der Waals surface area contributed by atoms with E-state index < -0.39 is 27.7 Å². The summed E-state index contributed by atoms with van der Waals surface area (Å²) in [6.07, 6.45) is -0.549. The van der Waals surface area contributed by atoms with Gasteiger partial charge in [0.25, 0.3) is 0 Å². The highest BCUT2D eigenvalue weighted by molar-refractivity contribution is 7.91. The topological polar surface area (TPSA) is 127 Å². The minimum atomic E-state index is -3.72. The first-order valence-electron chi connectivity index (χ1n) is 13.8. The predicted octanol–water partition coefficient (Wildman–Crippen LogP) is 6.51. The molecule has 0 radical (unpaired) electrons. The van der Waals surface area contributed by atoms with E-state index in [9.17, 15) is 23.1 Å². The first kappa shape index (κ1) is 29.7. The Morgan fingerprint density at radius 1 is 0.860 bits per heavy atom. The fourth-order valence-corrected chi connectivity index (χ4v) is 6.19. The molecule has 4 aromatic carbocycles. The summed E-state index contributed by atoms with van der Waals surface area (Å²) in [5, 5.41) is 15.2. The molecule has 222 valence electrons. The quantitative estimate of drug-likeness (QED) is 0.177. The molecule has 0 atom stereocenters. The zero-order valence-electron chi connectivity index (χ0n) is 24.1. The first-order chi connectivity index (χ1) is 20.4. The number of rotatable bonds is 9. The van der Waals surface area contributed by atoms with Gasteiger partial charge in [-0.05, 0) is 72.5 Å². The number of hydrogen-bond donors (Lipinski definition) is 3. The Labute approximate surface area is 250 Å². The summed E-state index contributed by atoms with van der Waals surface area (Å²) in [6.45, 7) is 5.71. The van der Waals surface area contributed by atoms with E-state index in [0.29, 0.717) is 16.8 Å². The van der Waals surface area contributed by atoms with Crippen molar-refractivity contribution in [3.05, 3.63) is 113 Å². The van der Waals surface area contributed by atoms with Crippen LogP contribution in [0.2, 0.25) is 0 Å². The maximum Gasteiger partial charge on any atom is 0.407 e. The van der Waals surface area contributed by atoms with Crippen molar-refractivity contribution in [2.75, 3.05) is 4.72 Å². The summed E-state index contributed by atoms with van der Waals surface area (Å²) < 4.78 is 35.8. The molecule has 5 rings (SSSR count). The van der Waals surface area contributed by atoms with Crippen LogP contribution in [0.25, 0.3) is 21.7 Å². The van der Waals surface area contributed by atoms with E-state index in [1.807, 2.05) is 48.5 Å². The number of hydrogen-bond acceptors (Lipinski definition) is 5. The second kappa shape index (κ2) is 11.8. The second-order valence-corrected chi connectivity index (χ2v) is 13.1. The van der Waals surface area contributed by atoms with Gasteiger partial charge >= 0.3 is 12.1 Å². The number of alkyl carbamates (subject to hydrolysis) is 1. The van der Waals surface area contributed by atoms with E-state index in [2.05, 4.69) is 10.0 Å². The van der Waals surface area contributed by atoms with Gasteiger partial charge in [0.2, 0.25) is 10.0 Å². The smallest absolute Gasteiger partial charge is 0.407 e. The summed E-state index contributed by atoms with van der Waals surface area (Å²) in [6, 6.07) is 27.1. The number of carbonyl (C=O) groups is 2. The molecule has 3 N–H and O–H groups in total. The molecule has 43 heavy (non-hydrogen) atoms. The number of nitrogens with one attached hydrogen (secondary N) is 2. The van der Waals surface area contributed by atoms with Crippen molar-refractivity contribution < 1.29 is 27.9 Å². The molecule has 0 aliphatic carbocycles. The molecule has 10 heteroatoms. The Balaban J connectivity index is 1.50. The molecule has 1 heterocycles. The van der Waals surface area contributed by atoms with Crippen LogP contribution in [-0.4, -0.2) is 35.8 Å². The Morgan fingerprint density at radius 2 is 1.58 bits per heavy atom. The van der Waals surface area contributed by atoms with Crippen LogP contribution in [0.4, 0.5) is 10.5 Å². The van der Waals surface area contributed by atoms with Crippen LogP contribution in [0.1, 0.15) is 48.0 Å². The fourth-order valence-electron chi connectivity index (χ4n) is 5.01. The summed E-state index contributed by atoms with van der Waals surface area (Å²) in [5.41, 5.74) is 2.69. The van der Waals surface area contributed by atoms with Gasteiger partial charge in [0, 0.05) is 29.7 Å². The molecule has 1 aromatic heterocycles. The second-order valence-electron chi connectivity index (χ2n) is 11.4. The number of fused-ring (bicyclic) bond motifs is 2. The molecular formula is C33H33N3O6S. The van der Waals surface area contributed by atoms with E-state index in [4.69, 9.17) is 4.74 Å². The molecule has 0 aliphatic heterocycles. The van der Waals surface area contributed by atoms with Gasteiger partial charge in [0.05, 0.1) is 5.75 Å². The highest BCUT2D eigenvalue weighted by atomic mass is 32.2. The lowest BCUT2D eigenvalue weighted by atomic mass is 10.0. The Hall–Kier alpha value is -4.83. The predicted molar refractivity (Wildman–Crippen MR) is 168 cm³/mol. The van der Waals surface area contributed by atoms with E-state index in [-0.39, 0.29) is 24.5 Å². The minimum absolute atomic E-state index is 0.0893. The van der Waals surface area contributed by atoms with Crippen molar-refractivity contribution in [2.45, 2.75) is 45.2 Å². The normalized spacial score (nSPS) is 11.9. The number of benzene rings is 4. The van der Waals surface area contributed by atoms with Crippen molar-refractivity contribution in [2.24, 2.45) is 0 Å². The molecule has 0 saturated carbocycles. The van der Waals surface area contributed by atoms with E-state index in [1.54, 1.807) is 67.8 Å². The van der Waals surface area contributed by atoms with Crippen LogP contribution in [0.5, 0.6) is 0 Å². The van der Waals surface area contributed by atoms with Crippen LogP contribution in [0.3, 0.4) is 0 Å². The van der Waals surface area contributed by atoms with Gasteiger partial charge in [0.1, 0.15) is 11.3 Å². The largest absolute Gasteiger partial charge is 0.477 e. The number of aromatic carboxylic acids is 1. The zero-order valence-corrected chi connectivity index (χ0v) is 24.9. The van der Waals surface area contributed by atoms with Gasteiger partial charge < -0.3 is 19.7 Å². The maximum absolute atomic E-state index is 13.0. The first-order valence-corrected chi connectivity index (χ1v) is 15.4. The lowest BCUT2D eigenvalue weighted by molar-refractivity contribution is 0.0523. The van der Waals surface area contributed by atoms with E-state index >= 15 is 0 Å². The summed E-state index contributed by atoms with van der Waals surface area (Å²) in [5.74, 6) is -1.27. The van der Waals surface area contributed by atoms with E-state index in [0.717, 1.165) is 27.3 Å². The molecule has 0 unspecified atom stereocenters. The van der Waals surface area contributed by atoms with Crippen LogP contribution in [0, 0.1) is 0 Å². The maximum atomic E-state index is 13.0. The van der Waals surface area contributed by atoms with Crippen molar-refractivity contribution in [3.8, 4) is 0 Å². The Kier molecular flexibility index (Phi) is 8.14. The monoisotopic (exact) mass is 599 g/mol. The molecule has 0 saturated heterocycles. The van der Waals surface area contributed by atoms with Gasteiger partial charge in [-0.1, -0.05) is 66.7 Å². The fraction of sp³-hybridized carbons (Fsp3) is 0.212. The van der Waals surface area contributed by atoms with Crippen molar-refractivity contribution in [1.29, 1.82) is 0 Å². The van der Waals surface area contributed by atoms with Crippen molar-refractivity contribution in [1.82, 2.24) is 9.88 Å². The average Bonchev–Trinajstić information content (AvgIpc) is 3.29. The Bertz CT molecular complexity index is 1930. The van der Waals surface area contributed by atoms with E-state index in [1.165, 1.54) is 0 Å². The van der Waals surface area contributed by atoms with Crippen LogP contribution in [-0.2, 0) is 33.6 Å². The number of ether oxygens (including phenoxy) is 1. The highest BCUT2D eigenvalue weighted by Crippen LogP contribution is 2.29. The number of sulfonamides is 1. The van der Waals surface area contributed by atoms with Gasteiger partial charge in [0.15, 0.2) is 0 Å². The third-order valence-electron chi connectivity index (χ3n) is 6.77.